The normalized spacial score (nSPS) is 13.9. The number of benzene rings is 4. The summed E-state index contributed by atoms with van der Waals surface area (Å²) >= 11 is 3.28. The van der Waals surface area contributed by atoms with Crippen LogP contribution in [0, 0.1) is 0 Å². The van der Waals surface area contributed by atoms with E-state index in [1.165, 1.54) is 67.3 Å². The third-order valence-corrected chi connectivity index (χ3v) is 12.0. The molecule has 0 bridgehead atoms. The Labute approximate surface area is 388 Å². The summed E-state index contributed by atoms with van der Waals surface area (Å²) in [5, 5.41) is 0. The summed E-state index contributed by atoms with van der Waals surface area (Å²) in [6.07, 6.45) is 9.09. The summed E-state index contributed by atoms with van der Waals surface area (Å²) in [5.41, 5.74) is 17.0. The van der Waals surface area contributed by atoms with Crippen LogP contribution < -0.4 is 19.6 Å². The third-order valence-electron chi connectivity index (χ3n) is 12.0. The zero-order valence-electron chi connectivity index (χ0n) is 40.1. The molecule has 0 amide bonds. The van der Waals surface area contributed by atoms with Crippen LogP contribution in [0.4, 0.5) is 22.7 Å². The molecule has 6 rings (SSSR count). The molecule has 0 saturated carbocycles. The quantitative estimate of drug-likeness (QED) is 0.131. The van der Waals surface area contributed by atoms with Crippen LogP contribution >= 0.6 is 0 Å². The molecule has 4 aromatic rings. The molecule has 2 aliphatic heterocycles. The number of para-hydroxylation sites is 4. The Morgan fingerprint density at radius 1 is 0.283 bits per heavy atom. The van der Waals surface area contributed by atoms with Gasteiger partial charge in [0.05, 0.1) is 13.3 Å². The van der Waals surface area contributed by atoms with Crippen LogP contribution in [-0.4, -0.2) is 49.2 Å². The van der Waals surface area contributed by atoms with Gasteiger partial charge in [-0.05, 0) is 91.9 Å². The number of rotatable bonds is 12. The van der Waals surface area contributed by atoms with Crippen molar-refractivity contribution in [3.8, 4) is 0 Å². The van der Waals surface area contributed by atoms with Crippen molar-refractivity contribution in [2.75, 3.05) is 32.9 Å². The molecule has 4 aromatic carbocycles. The SMILES string of the molecule is CC(C)c1cccc(C(C)C)c1N1C=CN(c2c(C(C)C)cccc2C(C)C)C1.CC(C)c1cccc(C(C)C)c1N1C=CN(c2c(C(C)C)cccc2C(C)C)C1.[Sn]=[Sn]. The van der Waals surface area contributed by atoms with Crippen LogP contribution in [0.15, 0.2) is 97.6 Å². The Morgan fingerprint density at radius 3 is 0.533 bits per heavy atom. The van der Waals surface area contributed by atoms with Crippen LogP contribution in [0.5, 0.6) is 0 Å². The Morgan fingerprint density at radius 2 is 0.417 bits per heavy atom. The molecule has 0 atom stereocenters. The Bertz CT molecular complexity index is 1680. The van der Waals surface area contributed by atoms with Crippen molar-refractivity contribution in [2.45, 2.75) is 158 Å². The molecule has 60 heavy (non-hydrogen) atoms. The second-order valence-corrected chi connectivity index (χ2v) is 19.1. The number of anilines is 4. The molecule has 0 aromatic heterocycles. The fraction of sp³-hybridized carbons (Fsp3) is 0.481. The van der Waals surface area contributed by atoms with Gasteiger partial charge in [-0.1, -0.05) is 184 Å². The van der Waals surface area contributed by atoms with E-state index in [9.17, 15) is 0 Å². The minimum absolute atomic E-state index is 0.500. The molecule has 4 nitrogen and oxygen atoms in total. The Hall–Kier alpha value is -2.84. The Kier molecular flexibility index (Phi) is 18.7. The van der Waals surface area contributed by atoms with Crippen molar-refractivity contribution >= 4 is 58.6 Å². The topological polar surface area (TPSA) is 13.0 Å². The van der Waals surface area contributed by atoms with Crippen LogP contribution in [0.1, 0.15) is 203 Å². The first-order valence-electron chi connectivity index (χ1n) is 22.6. The van der Waals surface area contributed by atoms with E-state index in [1.54, 1.807) is 35.9 Å². The molecule has 4 radical (unpaired) electrons. The molecule has 0 aliphatic carbocycles. The van der Waals surface area contributed by atoms with E-state index < -0.39 is 0 Å². The van der Waals surface area contributed by atoms with Crippen molar-refractivity contribution in [3.63, 3.8) is 0 Å². The molecule has 0 N–H and O–H groups in total. The van der Waals surface area contributed by atoms with Crippen LogP contribution in [0.2, 0.25) is 0 Å². The van der Waals surface area contributed by atoms with Crippen molar-refractivity contribution in [3.05, 3.63) is 142 Å². The predicted octanol–water partition coefficient (Wildman–Crippen LogP) is 15.1. The predicted molar refractivity (Wildman–Crippen MR) is 268 cm³/mol. The summed E-state index contributed by atoms with van der Waals surface area (Å²) in [7, 11) is 0. The van der Waals surface area contributed by atoms with Gasteiger partial charge < -0.3 is 19.6 Å². The zero-order chi connectivity index (χ0) is 44.6. The van der Waals surface area contributed by atoms with Crippen molar-refractivity contribution in [1.82, 2.24) is 0 Å². The molecule has 2 aliphatic rings. The van der Waals surface area contributed by atoms with E-state index in [0.29, 0.717) is 47.3 Å². The number of hydrogen-bond acceptors (Lipinski definition) is 4. The average molecular weight is 1020 g/mol. The summed E-state index contributed by atoms with van der Waals surface area (Å²) in [4.78, 5) is 9.80. The fourth-order valence-corrected chi connectivity index (χ4v) is 8.79. The van der Waals surface area contributed by atoms with Crippen LogP contribution in [0.3, 0.4) is 0 Å². The van der Waals surface area contributed by atoms with E-state index in [4.69, 9.17) is 0 Å². The fourth-order valence-electron chi connectivity index (χ4n) is 8.79. The summed E-state index contributed by atoms with van der Waals surface area (Å²) < 4.78 is 0. The molecular formula is C54H76N4Sn2. The van der Waals surface area contributed by atoms with E-state index in [2.05, 4.69) is 228 Å². The van der Waals surface area contributed by atoms with Gasteiger partial charge in [-0.2, -0.15) is 0 Å². The first kappa shape index (κ1) is 49.8. The maximum atomic E-state index is 2.45. The van der Waals surface area contributed by atoms with Gasteiger partial charge >= 0.3 is 35.9 Å². The zero-order valence-corrected chi connectivity index (χ0v) is 45.8. The molecule has 6 heteroatoms. The summed E-state index contributed by atoms with van der Waals surface area (Å²) in [6.45, 7) is 38.5. The van der Waals surface area contributed by atoms with Crippen molar-refractivity contribution in [2.24, 2.45) is 0 Å². The van der Waals surface area contributed by atoms with E-state index in [1.807, 2.05) is 0 Å². The average Bonchev–Trinajstić information content (AvgIpc) is 3.91. The minimum atomic E-state index is 0.500. The number of nitrogens with zero attached hydrogens (tertiary/aromatic N) is 4. The van der Waals surface area contributed by atoms with Crippen molar-refractivity contribution < 1.29 is 0 Å². The third kappa shape index (κ3) is 11.4. The molecule has 2 heterocycles. The second-order valence-electron chi connectivity index (χ2n) is 19.1. The summed E-state index contributed by atoms with van der Waals surface area (Å²) in [5.74, 6) is 4.00. The van der Waals surface area contributed by atoms with Gasteiger partial charge in [0.1, 0.15) is 0 Å². The van der Waals surface area contributed by atoms with Gasteiger partial charge in [0.15, 0.2) is 0 Å². The maximum absolute atomic E-state index is 2.45. The standard InChI is InChI=1S/2C27H38N2.2Sn/c2*1-18(2)22-11-9-12-23(19(3)4)26(22)28-15-16-29(17-28)27-24(20(5)6)13-10-14-25(27)21(7)8;;/h2*9-16,18-21H,17H2,1-8H3;;. The molecule has 0 fully saturated rings. The van der Waals surface area contributed by atoms with E-state index >= 15 is 0 Å². The van der Waals surface area contributed by atoms with Crippen LogP contribution in [-0.2, 0) is 0 Å². The van der Waals surface area contributed by atoms with Gasteiger partial charge in [0.25, 0.3) is 0 Å². The Balaban J connectivity index is 0.000000254. The monoisotopic (exact) mass is 1020 g/mol. The second kappa shape index (κ2) is 22.5. The van der Waals surface area contributed by atoms with E-state index in [-0.39, 0.29) is 0 Å². The molecule has 0 unspecified atom stereocenters. The molecule has 0 spiro atoms. The summed E-state index contributed by atoms with van der Waals surface area (Å²) in [6, 6.07) is 27.2. The van der Waals surface area contributed by atoms with Crippen molar-refractivity contribution in [1.29, 1.82) is 0 Å². The van der Waals surface area contributed by atoms with E-state index in [0.717, 1.165) is 13.3 Å². The first-order chi connectivity index (χ1) is 28.4. The van der Waals surface area contributed by atoms with Gasteiger partial charge in [-0.25, -0.2) is 0 Å². The van der Waals surface area contributed by atoms with Gasteiger partial charge in [0.2, 0.25) is 0 Å². The number of hydrogen-bond donors (Lipinski definition) is 0. The molecule has 0 saturated heterocycles. The van der Waals surface area contributed by atoms with Crippen LogP contribution in [0.25, 0.3) is 0 Å². The molecule has 320 valence electrons. The first-order valence-corrected chi connectivity index (χ1v) is 33.6. The van der Waals surface area contributed by atoms with Gasteiger partial charge in [-0.3, -0.25) is 0 Å². The van der Waals surface area contributed by atoms with Gasteiger partial charge in [0, 0.05) is 47.5 Å². The van der Waals surface area contributed by atoms with Gasteiger partial charge in [-0.15, -0.1) is 0 Å². The molecular weight excluding hydrogens is 942 g/mol.